The first kappa shape index (κ1) is 22.2. The van der Waals surface area contributed by atoms with E-state index in [0.717, 1.165) is 6.54 Å². The average molecular weight is 399 g/mol. The molecular formula is C22H30N4O3. The summed E-state index contributed by atoms with van der Waals surface area (Å²) in [6.07, 6.45) is 0. The first-order valence-corrected chi connectivity index (χ1v) is 9.44. The van der Waals surface area contributed by atoms with Crippen LogP contribution in [-0.4, -0.2) is 51.1 Å². The first-order chi connectivity index (χ1) is 13.7. The fraction of sp³-hybridized carbons (Fsp3) is 0.364. The van der Waals surface area contributed by atoms with E-state index in [9.17, 15) is 9.59 Å². The number of ether oxygens (including phenoxy) is 1. The molecule has 0 spiro atoms. The Hall–Kier alpha value is -3.06. The van der Waals surface area contributed by atoms with Crippen LogP contribution in [0.1, 0.15) is 24.2 Å². The number of para-hydroxylation sites is 1. The van der Waals surface area contributed by atoms with Gasteiger partial charge < -0.3 is 25.6 Å². The molecule has 156 valence electrons. The van der Waals surface area contributed by atoms with Crippen LogP contribution in [0.15, 0.2) is 48.5 Å². The van der Waals surface area contributed by atoms with E-state index < -0.39 is 0 Å². The van der Waals surface area contributed by atoms with Crippen molar-refractivity contribution in [1.29, 1.82) is 0 Å². The highest BCUT2D eigenvalue weighted by Gasteiger charge is 2.21. The Morgan fingerprint density at radius 2 is 1.66 bits per heavy atom. The van der Waals surface area contributed by atoms with E-state index in [1.165, 1.54) is 7.11 Å². The number of nitrogens with one attached hydrogen (secondary N) is 3. The Kier molecular flexibility index (Phi) is 7.61. The van der Waals surface area contributed by atoms with E-state index in [1.807, 2.05) is 32.3 Å². The highest BCUT2D eigenvalue weighted by Crippen LogP contribution is 2.24. The van der Waals surface area contributed by atoms with E-state index in [0.29, 0.717) is 29.2 Å². The van der Waals surface area contributed by atoms with Gasteiger partial charge in [-0.15, -0.1) is 0 Å². The van der Waals surface area contributed by atoms with Crippen LogP contribution < -0.4 is 20.7 Å². The maximum atomic E-state index is 12.6. The molecule has 29 heavy (non-hydrogen) atoms. The summed E-state index contributed by atoms with van der Waals surface area (Å²) in [6, 6.07) is 13.7. The summed E-state index contributed by atoms with van der Waals surface area (Å²) in [7, 11) is 5.51. The number of carbonyl (C=O) groups excluding carboxylic acids is 2. The zero-order valence-corrected chi connectivity index (χ0v) is 17.7. The minimum absolute atomic E-state index is 0.0661. The van der Waals surface area contributed by atoms with Gasteiger partial charge in [0.15, 0.2) is 0 Å². The number of hydrogen-bond acceptors (Lipinski definition) is 4. The molecule has 2 aromatic carbocycles. The second-order valence-electron chi connectivity index (χ2n) is 7.94. The minimum Gasteiger partial charge on any atom is -0.496 e. The van der Waals surface area contributed by atoms with Gasteiger partial charge in [-0.3, -0.25) is 4.79 Å². The second-order valence-corrected chi connectivity index (χ2v) is 7.94. The van der Waals surface area contributed by atoms with Crippen molar-refractivity contribution in [1.82, 2.24) is 10.2 Å². The Morgan fingerprint density at radius 1 is 1.00 bits per heavy atom. The van der Waals surface area contributed by atoms with Gasteiger partial charge in [0.2, 0.25) is 0 Å². The molecule has 2 aromatic rings. The molecular weight excluding hydrogens is 368 g/mol. The van der Waals surface area contributed by atoms with E-state index in [2.05, 4.69) is 34.7 Å². The number of anilines is 2. The topological polar surface area (TPSA) is 82.7 Å². The Morgan fingerprint density at radius 3 is 2.28 bits per heavy atom. The van der Waals surface area contributed by atoms with Gasteiger partial charge in [0, 0.05) is 30.5 Å². The lowest BCUT2D eigenvalue weighted by Gasteiger charge is -2.28. The van der Waals surface area contributed by atoms with Gasteiger partial charge in [-0.2, -0.15) is 0 Å². The van der Waals surface area contributed by atoms with Gasteiger partial charge in [0.05, 0.1) is 12.7 Å². The largest absolute Gasteiger partial charge is 0.496 e. The fourth-order valence-electron chi connectivity index (χ4n) is 3.10. The maximum Gasteiger partial charge on any atom is 0.323 e. The summed E-state index contributed by atoms with van der Waals surface area (Å²) in [5.74, 6) is 0.180. The molecule has 3 N–H and O–H groups in total. The van der Waals surface area contributed by atoms with Crippen molar-refractivity contribution in [3.63, 3.8) is 0 Å². The smallest absolute Gasteiger partial charge is 0.323 e. The third-order valence-electron chi connectivity index (χ3n) is 4.21. The van der Waals surface area contributed by atoms with Crippen molar-refractivity contribution < 1.29 is 14.3 Å². The maximum absolute atomic E-state index is 12.6. The predicted molar refractivity (Wildman–Crippen MR) is 117 cm³/mol. The summed E-state index contributed by atoms with van der Waals surface area (Å²) >= 11 is 0. The molecule has 0 saturated heterocycles. The minimum atomic E-state index is -0.374. The number of nitrogens with zero attached hydrogens (tertiary/aromatic N) is 1. The summed E-state index contributed by atoms with van der Waals surface area (Å²) in [5.41, 5.74) is 1.57. The molecule has 3 amide bonds. The van der Waals surface area contributed by atoms with Crippen LogP contribution in [0.5, 0.6) is 5.75 Å². The van der Waals surface area contributed by atoms with Gasteiger partial charge in [-0.25, -0.2) is 4.79 Å². The Labute approximate surface area is 172 Å². The lowest BCUT2D eigenvalue weighted by Crippen LogP contribution is -2.40. The number of urea groups is 1. The molecule has 0 heterocycles. The third kappa shape index (κ3) is 7.12. The zero-order chi connectivity index (χ0) is 21.4. The van der Waals surface area contributed by atoms with E-state index >= 15 is 0 Å². The zero-order valence-electron chi connectivity index (χ0n) is 17.7. The molecule has 0 atom stereocenters. The van der Waals surface area contributed by atoms with Crippen LogP contribution in [0.3, 0.4) is 0 Å². The van der Waals surface area contributed by atoms with Crippen molar-refractivity contribution in [2.75, 3.05) is 44.9 Å². The van der Waals surface area contributed by atoms with Crippen molar-refractivity contribution in [2.45, 2.75) is 13.8 Å². The third-order valence-corrected chi connectivity index (χ3v) is 4.21. The molecule has 0 aliphatic heterocycles. The highest BCUT2D eigenvalue weighted by molar-refractivity contribution is 6.01. The molecule has 0 aliphatic carbocycles. The van der Waals surface area contributed by atoms with Crippen LogP contribution >= 0.6 is 0 Å². The summed E-state index contributed by atoms with van der Waals surface area (Å²) in [5, 5.41) is 8.45. The standard InChI is InChI=1S/C22H30N4O3/c1-22(2,15-26(3)4)14-23-20(27)18-12-11-17(13-19(18)29-5)25-21(28)24-16-9-7-6-8-10-16/h6-13H,14-15H2,1-5H3,(H,23,27)(H2,24,25,28). The Bertz CT molecular complexity index is 835. The SMILES string of the molecule is COc1cc(NC(=O)Nc2ccccc2)ccc1C(=O)NCC(C)(C)CN(C)C. The second kappa shape index (κ2) is 9.93. The van der Waals surface area contributed by atoms with Crippen molar-refractivity contribution in [2.24, 2.45) is 5.41 Å². The van der Waals surface area contributed by atoms with Crippen LogP contribution in [0.4, 0.5) is 16.2 Å². The molecule has 7 nitrogen and oxygen atoms in total. The summed E-state index contributed by atoms with van der Waals surface area (Å²) in [4.78, 5) is 26.9. The van der Waals surface area contributed by atoms with Gasteiger partial charge in [0.25, 0.3) is 5.91 Å². The number of methoxy groups -OCH3 is 1. The molecule has 0 radical (unpaired) electrons. The normalized spacial score (nSPS) is 11.1. The molecule has 0 aromatic heterocycles. The van der Waals surface area contributed by atoms with E-state index in [4.69, 9.17) is 4.74 Å². The monoisotopic (exact) mass is 398 g/mol. The summed E-state index contributed by atoms with van der Waals surface area (Å²) in [6.45, 7) is 5.59. The highest BCUT2D eigenvalue weighted by atomic mass is 16.5. The number of amides is 3. The quantitative estimate of drug-likeness (QED) is 0.634. The number of benzene rings is 2. The molecule has 0 bridgehead atoms. The lowest BCUT2D eigenvalue weighted by atomic mass is 9.93. The Balaban J connectivity index is 2.02. The number of hydrogen-bond donors (Lipinski definition) is 3. The van der Waals surface area contributed by atoms with Crippen LogP contribution in [0, 0.1) is 5.41 Å². The summed E-state index contributed by atoms with van der Waals surface area (Å²) < 4.78 is 5.36. The molecule has 0 fully saturated rings. The molecule has 7 heteroatoms. The van der Waals surface area contributed by atoms with Gasteiger partial charge in [-0.1, -0.05) is 32.0 Å². The molecule has 0 saturated carbocycles. The fourth-order valence-corrected chi connectivity index (χ4v) is 3.10. The van der Waals surface area contributed by atoms with Crippen molar-refractivity contribution in [3.05, 3.63) is 54.1 Å². The van der Waals surface area contributed by atoms with Crippen LogP contribution in [0.2, 0.25) is 0 Å². The number of carbonyl (C=O) groups is 2. The molecule has 0 aliphatic rings. The predicted octanol–water partition coefficient (Wildman–Crippen LogP) is 3.66. The number of rotatable bonds is 8. The van der Waals surface area contributed by atoms with E-state index in [1.54, 1.807) is 30.3 Å². The van der Waals surface area contributed by atoms with E-state index in [-0.39, 0.29) is 17.4 Å². The van der Waals surface area contributed by atoms with Crippen molar-refractivity contribution in [3.8, 4) is 5.75 Å². The van der Waals surface area contributed by atoms with Crippen LogP contribution in [-0.2, 0) is 0 Å². The van der Waals surface area contributed by atoms with Crippen LogP contribution in [0.25, 0.3) is 0 Å². The van der Waals surface area contributed by atoms with Gasteiger partial charge >= 0.3 is 6.03 Å². The average Bonchev–Trinajstić information content (AvgIpc) is 2.65. The first-order valence-electron chi connectivity index (χ1n) is 9.44. The van der Waals surface area contributed by atoms with Crippen molar-refractivity contribution >= 4 is 23.3 Å². The molecule has 0 unspecified atom stereocenters. The lowest BCUT2D eigenvalue weighted by molar-refractivity contribution is 0.0926. The molecule has 2 rings (SSSR count). The van der Waals surface area contributed by atoms with Gasteiger partial charge in [0.1, 0.15) is 5.75 Å². The van der Waals surface area contributed by atoms with Gasteiger partial charge in [-0.05, 0) is 43.8 Å².